The number of aliphatic hydroxyl groups is 1. The summed E-state index contributed by atoms with van der Waals surface area (Å²) in [6, 6.07) is 2.86. The van der Waals surface area contributed by atoms with Crippen LogP contribution >= 0.6 is 0 Å². The van der Waals surface area contributed by atoms with Crippen molar-refractivity contribution in [1.29, 1.82) is 0 Å². The molecule has 0 bridgehead atoms. The van der Waals surface area contributed by atoms with E-state index in [9.17, 15) is 8.42 Å². The zero-order valence-electron chi connectivity index (χ0n) is 11.7. The summed E-state index contributed by atoms with van der Waals surface area (Å²) in [6.07, 6.45) is 1.96. The van der Waals surface area contributed by atoms with Crippen LogP contribution in [0.5, 0.6) is 0 Å². The number of nitrogens with zero attached hydrogens (tertiary/aromatic N) is 2. The number of morpholine rings is 1. The highest BCUT2D eigenvalue weighted by molar-refractivity contribution is 7.89. The third kappa shape index (κ3) is 3.01. The number of aliphatic hydroxyl groups excluding tert-OH is 1. The molecule has 1 aliphatic rings. The molecule has 2 unspecified atom stereocenters. The normalized spacial score (nSPS) is 24.8. The molecule has 1 aliphatic heterocycles. The fraction of sp³-hybridized carbons (Fsp3) is 0.615. The summed E-state index contributed by atoms with van der Waals surface area (Å²) >= 11 is 0. The molecule has 1 saturated heterocycles. The van der Waals surface area contributed by atoms with E-state index in [4.69, 9.17) is 9.84 Å². The van der Waals surface area contributed by atoms with Gasteiger partial charge in [-0.15, -0.1) is 0 Å². The van der Waals surface area contributed by atoms with E-state index in [0.29, 0.717) is 25.1 Å². The predicted molar refractivity (Wildman–Crippen MR) is 73.5 cm³/mol. The van der Waals surface area contributed by atoms with Crippen molar-refractivity contribution in [3.05, 3.63) is 23.9 Å². The maximum atomic E-state index is 12.6. The molecule has 0 aromatic carbocycles. The summed E-state index contributed by atoms with van der Waals surface area (Å²) in [6.45, 7) is 4.39. The number of rotatable bonds is 4. The average molecular weight is 300 g/mol. The molecule has 1 aromatic rings. The van der Waals surface area contributed by atoms with Crippen molar-refractivity contribution >= 4 is 10.0 Å². The van der Waals surface area contributed by atoms with E-state index in [1.165, 1.54) is 16.6 Å². The first-order valence-corrected chi connectivity index (χ1v) is 8.12. The molecule has 0 amide bonds. The molecule has 0 saturated carbocycles. The van der Waals surface area contributed by atoms with Crippen LogP contribution in [-0.4, -0.2) is 48.1 Å². The van der Waals surface area contributed by atoms with Crippen molar-refractivity contribution in [3.8, 4) is 0 Å². The molecule has 2 rings (SSSR count). The molecule has 20 heavy (non-hydrogen) atoms. The summed E-state index contributed by atoms with van der Waals surface area (Å²) in [7, 11) is -3.62. The molecular weight excluding hydrogens is 280 g/mol. The molecule has 1 N–H and O–H groups in total. The van der Waals surface area contributed by atoms with Crippen LogP contribution in [0.4, 0.5) is 0 Å². The standard InChI is InChI=1S/C13H20N2O4S/c1-3-12-9-19-10(2)7-15(12)20(17,18)13-5-4-11(8-16)6-14-13/h4-6,10,12,16H,3,7-9H2,1-2H3. The second-order valence-electron chi connectivity index (χ2n) is 4.94. The minimum absolute atomic E-state index is 0.0160. The van der Waals surface area contributed by atoms with Gasteiger partial charge in [-0.05, 0) is 25.0 Å². The number of ether oxygens (including phenoxy) is 1. The van der Waals surface area contributed by atoms with E-state index in [2.05, 4.69) is 4.98 Å². The Morgan fingerprint density at radius 1 is 1.50 bits per heavy atom. The molecule has 0 radical (unpaired) electrons. The number of pyridine rings is 1. The smallest absolute Gasteiger partial charge is 0.260 e. The number of hydrogen-bond acceptors (Lipinski definition) is 5. The van der Waals surface area contributed by atoms with Crippen molar-refractivity contribution < 1.29 is 18.3 Å². The second kappa shape index (κ2) is 6.17. The Balaban J connectivity index is 2.31. The molecular formula is C13H20N2O4S. The van der Waals surface area contributed by atoms with Gasteiger partial charge in [0.25, 0.3) is 10.0 Å². The lowest BCUT2D eigenvalue weighted by atomic mass is 10.2. The van der Waals surface area contributed by atoms with E-state index in [0.717, 1.165) is 0 Å². The van der Waals surface area contributed by atoms with Crippen LogP contribution in [0, 0.1) is 0 Å². The van der Waals surface area contributed by atoms with Gasteiger partial charge in [0.1, 0.15) is 0 Å². The van der Waals surface area contributed by atoms with Crippen LogP contribution in [0.3, 0.4) is 0 Å². The van der Waals surface area contributed by atoms with E-state index in [-0.39, 0.29) is 23.8 Å². The Hall–Kier alpha value is -1.02. The Morgan fingerprint density at radius 2 is 2.25 bits per heavy atom. The van der Waals surface area contributed by atoms with Crippen molar-refractivity contribution in [3.63, 3.8) is 0 Å². The van der Waals surface area contributed by atoms with Crippen molar-refractivity contribution in [1.82, 2.24) is 9.29 Å². The van der Waals surface area contributed by atoms with E-state index in [1.54, 1.807) is 6.07 Å². The van der Waals surface area contributed by atoms with Crippen LogP contribution in [-0.2, 0) is 21.4 Å². The van der Waals surface area contributed by atoms with Crippen LogP contribution in [0.25, 0.3) is 0 Å². The van der Waals surface area contributed by atoms with Crippen LogP contribution < -0.4 is 0 Å². The zero-order chi connectivity index (χ0) is 14.8. The van der Waals surface area contributed by atoms with Gasteiger partial charge in [-0.25, -0.2) is 13.4 Å². The Morgan fingerprint density at radius 3 is 2.80 bits per heavy atom. The Labute approximate surface area is 119 Å². The summed E-state index contributed by atoms with van der Waals surface area (Å²) in [5.41, 5.74) is 0.589. The maximum absolute atomic E-state index is 12.6. The molecule has 0 spiro atoms. The molecule has 2 heterocycles. The van der Waals surface area contributed by atoms with Gasteiger partial charge in [-0.1, -0.05) is 13.0 Å². The zero-order valence-corrected chi connectivity index (χ0v) is 12.5. The van der Waals surface area contributed by atoms with E-state index in [1.807, 2.05) is 13.8 Å². The minimum atomic E-state index is -3.62. The number of hydrogen-bond donors (Lipinski definition) is 1. The average Bonchev–Trinajstić information content (AvgIpc) is 2.47. The third-order valence-electron chi connectivity index (χ3n) is 3.44. The highest BCUT2D eigenvalue weighted by Crippen LogP contribution is 2.23. The van der Waals surface area contributed by atoms with E-state index >= 15 is 0 Å². The molecule has 7 heteroatoms. The fourth-order valence-corrected chi connectivity index (χ4v) is 3.88. The molecule has 2 atom stereocenters. The van der Waals surface area contributed by atoms with Gasteiger partial charge in [0, 0.05) is 18.8 Å². The number of sulfonamides is 1. The van der Waals surface area contributed by atoms with Gasteiger partial charge in [0.15, 0.2) is 5.03 Å². The van der Waals surface area contributed by atoms with Gasteiger partial charge in [0.2, 0.25) is 0 Å². The first kappa shape index (κ1) is 15.4. The molecule has 6 nitrogen and oxygen atoms in total. The van der Waals surface area contributed by atoms with Crippen LogP contribution in [0.15, 0.2) is 23.4 Å². The van der Waals surface area contributed by atoms with Crippen LogP contribution in [0.2, 0.25) is 0 Å². The summed E-state index contributed by atoms with van der Waals surface area (Å²) in [4.78, 5) is 3.96. The first-order valence-electron chi connectivity index (χ1n) is 6.68. The van der Waals surface area contributed by atoms with Crippen molar-refractivity contribution in [2.45, 2.75) is 44.0 Å². The van der Waals surface area contributed by atoms with Gasteiger partial charge in [-0.3, -0.25) is 0 Å². The predicted octanol–water partition coefficient (Wildman–Crippen LogP) is 0.762. The molecule has 112 valence electrons. The summed E-state index contributed by atoms with van der Waals surface area (Å²) < 4.78 is 32.3. The number of aromatic nitrogens is 1. The van der Waals surface area contributed by atoms with Crippen molar-refractivity contribution in [2.75, 3.05) is 13.2 Å². The summed E-state index contributed by atoms with van der Waals surface area (Å²) in [5, 5.41) is 8.99. The molecule has 0 aliphatic carbocycles. The monoisotopic (exact) mass is 300 g/mol. The van der Waals surface area contributed by atoms with Gasteiger partial charge < -0.3 is 9.84 Å². The summed E-state index contributed by atoms with van der Waals surface area (Å²) in [5.74, 6) is 0. The molecule has 1 fully saturated rings. The third-order valence-corrected chi connectivity index (χ3v) is 5.28. The lowest BCUT2D eigenvalue weighted by molar-refractivity contribution is -0.0231. The fourth-order valence-electron chi connectivity index (χ4n) is 2.21. The van der Waals surface area contributed by atoms with Gasteiger partial charge in [-0.2, -0.15) is 4.31 Å². The van der Waals surface area contributed by atoms with Crippen molar-refractivity contribution in [2.24, 2.45) is 0 Å². The topological polar surface area (TPSA) is 79.7 Å². The molecule has 1 aromatic heterocycles. The SMILES string of the molecule is CCC1COC(C)CN1S(=O)(=O)c1ccc(CO)cn1. The lowest BCUT2D eigenvalue weighted by Crippen LogP contribution is -2.51. The van der Waals surface area contributed by atoms with Gasteiger partial charge >= 0.3 is 0 Å². The second-order valence-corrected chi connectivity index (χ2v) is 6.78. The Bertz CT molecular complexity index is 544. The largest absolute Gasteiger partial charge is 0.392 e. The highest BCUT2D eigenvalue weighted by atomic mass is 32.2. The minimum Gasteiger partial charge on any atom is -0.392 e. The van der Waals surface area contributed by atoms with Gasteiger partial charge in [0.05, 0.1) is 19.3 Å². The highest BCUT2D eigenvalue weighted by Gasteiger charge is 2.36. The Kier molecular flexibility index (Phi) is 4.74. The van der Waals surface area contributed by atoms with Crippen LogP contribution in [0.1, 0.15) is 25.8 Å². The quantitative estimate of drug-likeness (QED) is 0.888. The first-order chi connectivity index (χ1) is 9.48. The maximum Gasteiger partial charge on any atom is 0.260 e. The van der Waals surface area contributed by atoms with E-state index < -0.39 is 10.0 Å². The lowest BCUT2D eigenvalue weighted by Gasteiger charge is -2.36.